The van der Waals surface area contributed by atoms with Crippen molar-refractivity contribution in [1.82, 2.24) is 0 Å². The second-order valence-electron chi connectivity index (χ2n) is 3.38. The van der Waals surface area contributed by atoms with E-state index in [1.807, 2.05) is 0 Å². The molecule has 0 nitrogen and oxygen atoms in total. The minimum atomic E-state index is 0. The minimum Gasteiger partial charge on any atom is -0.0798 e. The summed E-state index contributed by atoms with van der Waals surface area (Å²) < 4.78 is 0. The van der Waals surface area contributed by atoms with E-state index < -0.39 is 0 Å². The van der Waals surface area contributed by atoms with E-state index in [1.54, 1.807) is 5.56 Å². The second-order valence-corrected chi connectivity index (χ2v) is 5.84. The first-order valence-electron chi connectivity index (χ1n) is 4.69. The molecule has 1 aromatic carbocycles. The van der Waals surface area contributed by atoms with Gasteiger partial charge in [0.25, 0.3) is 0 Å². The fraction of sp³-hybridized carbons (Fsp3) is 0.273. The van der Waals surface area contributed by atoms with Crippen molar-refractivity contribution in [3.05, 3.63) is 41.5 Å². The van der Waals surface area contributed by atoms with E-state index in [9.17, 15) is 0 Å². The van der Waals surface area contributed by atoms with Gasteiger partial charge in [0, 0.05) is 28.4 Å². The molecule has 1 aliphatic carbocycles. The van der Waals surface area contributed by atoms with Crippen LogP contribution < -0.4 is 0 Å². The van der Waals surface area contributed by atoms with Gasteiger partial charge in [-0.1, -0.05) is 49.4 Å². The van der Waals surface area contributed by atoms with Gasteiger partial charge in [-0.15, -0.1) is 0 Å². The summed E-state index contributed by atoms with van der Waals surface area (Å²) in [4.78, 5) is 0. The Bertz CT molecular complexity index is 307. The number of hydrogen-bond donors (Lipinski definition) is 0. The molecule has 0 bridgehead atoms. The molecule has 0 saturated carbocycles. The average Bonchev–Trinajstić information content (AvgIpc) is 2.50. The molecule has 1 aromatic rings. The van der Waals surface area contributed by atoms with Crippen LogP contribution in [0.3, 0.4) is 0 Å². The van der Waals surface area contributed by atoms with E-state index in [0.29, 0.717) is 0 Å². The predicted octanol–water partition coefficient (Wildman–Crippen LogP) is 1.98. The molecule has 0 aliphatic heterocycles. The Labute approximate surface area is 94.4 Å². The topological polar surface area (TPSA) is 0 Å². The molecule has 0 aromatic heterocycles. The van der Waals surface area contributed by atoms with Crippen LogP contribution in [0.2, 0.25) is 6.04 Å². The maximum atomic E-state index is 2.39. The Morgan fingerprint density at radius 3 is 2.85 bits per heavy atom. The molecule has 1 unspecified atom stereocenters. The van der Waals surface area contributed by atoms with Crippen molar-refractivity contribution in [2.75, 3.05) is 0 Å². The molecule has 2 rings (SSSR count). The van der Waals surface area contributed by atoms with Crippen molar-refractivity contribution >= 4 is 34.5 Å². The monoisotopic (exact) mass is 181 g/mol. The molecule has 63 valence electrons. The summed E-state index contributed by atoms with van der Waals surface area (Å²) in [5.41, 5.74) is 3.85. The normalized spacial score (nSPS) is 19.0. The van der Waals surface area contributed by atoms with E-state index in [0.717, 1.165) is 5.54 Å². The fourth-order valence-electron chi connectivity index (χ4n) is 1.89. The largest absolute Gasteiger partial charge is 0.0798 e. The summed E-state index contributed by atoms with van der Waals surface area (Å²) in [6, 6.07) is 10.2. The maximum absolute atomic E-state index is 2.39. The number of hydrogen-bond acceptors (Lipinski definition) is 0. The standard InChI is InChI=1S/C11H14Si.Li/c1-2-12-11-8-7-9-5-3-4-6-10(9)11;/h3-8,11H,2,12H2,1H3;. The summed E-state index contributed by atoms with van der Waals surface area (Å²) >= 11 is 0. The molecule has 1 radical (unpaired) electrons. The van der Waals surface area contributed by atoms with Gasteiger partial charge in [0.05, 0.1) is 0 Å². The van der Waals surface area contributed by atoms with E-state index in [2.05, 4.69) is 43.3 Å². The quantitative estimate of drug-likeness (QED) is 0.612. The fourth-order valence-corrected chi connectivity index (χ4v) is 3.52. The third-order valence-electron chi connectivity index (χ3n) is 2.50. The molecule has 0 saturated heterocycles. The average molecular weight is 181 g/mol. The van der Waals surface area contributed by atoms with Crippen LogP contribution in [-0.4, -0.2) is 28.4 Å². The van der Waals surface area contributed by atoms with Crippen molar-refractivity contribution in [3.8, 4) is 0 Å². The summed E-state index contributed by atoms with van der Waals surface area (Å²) in [7, 11) is 0.103. The van der Waals surface area contributed by atoms with E-state index in [-0.39, 0.29) is 28.4 Å². The Morgan fingerprint density at radius 2 is 2.08 bits per heavy atom. The van der Waals surface area contributed by atoms with Crippen LogP contribution in [0.25, 0.3) is 6.08 Å². The van der Waals surface area contributed by atoms with Gasteiger partial charge in [-0.2, -0.15) is 0 Å². The first-order valence-corrected chi connectivity index (χ1v) is 6.50. The predicted molar refractivity (Wildman–Crippen MR) is 63.0 cm³/mol. The van der Waals surface area contributed by atoms with Crippen molar-refractivity contribution in [1.29, 1.82) is 0 Å². The van der Waals surface area contributed by atoms with Gasteiger partial charge >= 0.3 is 0 Å². The van der Waals surface area contributed by atoms with E-state index in [1.165, 1.54) is 11.6 Å². The Morgan fingerprint density at radius 1 is 1.31 bits per heavy atom. The Balaban J connectivity index is 0.000000845. The first kappa shape index (κ1) is 10.9. The van der Waals surface area contributed by atoms with Gasteiger partial charge in [-0.25, -0.2) is 0 Å². The van der Waals surface area contributed by atoms with Crippen LogP contribution in [0.4, 0.5) is 0 Å². The molecule has 13 heavy (non-hydrogen) atoms. The molecule has 1 atom stereocenters. The molecule has 0 amide bonds. The molecular formula is C11H14LiSi. The first-order chi connectivity index (χ1) is 5.92. The Hall–Kier alpha value is -0.226. The van der Waals surface area contributed by atoms with Crippen molar-refractivity contribution in [3.63, 3.8) is 0 Å². The number of allylic oxidation sites excluding steroid dienone is 1. The van der Waals surface area contributed by atoms with Gasteiger partial charge in [0.1, 0.15) is 0 Å². The smallest absolute Gasteiger partial charge is 0.0332 e. The minimum absolute atomic E-state index is 0. The number of benzene rings is 1. The molecule has 0 fully saturated rings. The van der Waals surface area contributed by atoms with Crippen LogP contribution >= 0.6 is 0 Å². The van der Waals surface area contributed by atoms with Gasteiger partial charge in [-0.05, 0) is 16.7 Å². The van der Waals surface area contributed by atoms with Crippen molar-refractivity contribution < 1.29 is 0 Å². The SMILES string of the molecule is CC[SiH2]C1C=Cc2ccccc21.[Li]. The van der Waals surface area contributed by atoms with Crippen LogP contribution in [0.15, 0.2) is 30.3 Å². The van der Waals surface area contributed by atoms with Crippen molar-refractivity contribution in [2.24, 2.45) is 0 Å². The van der Waals surface area contributed by atoms with Gasteiger partial charge in [-0.3, -0.25) is 0 Å². The van der Waals surface area contributed by atoms with Crippen molar-refractivity contribution in [2.45, 2.75) is 18.5 Å². The molecule has 2 heteroatoms. The van der Waals surface area contributed by atoms with E-state index >= 15 is 0 Å². The molecule has 1 aliphatic rings. The van der Waals surface area contributed by atoms with Crippen LogP contribution in [0.1, 0.15) is 23.6 Å². The molecule has 0 N–H and O–H groups in total. The summed E-state index contributed by atoms with van der Waals surface area (Å²) in [5, 5.41) is 0. The van der Waals surface area contributed by atoms with Crippen LogP contribution in [0.5, 0.6) is 0 Å². The third kappa shape index (κ3) is 2.17. The summed E-state index contributed by atoms with van der Waals surface area (Å²) in [6.45, 7) is 2.31. The van der Waals surface area contributed by atoms with Gasteiger partial charge in [0.15, 0.2) is 0 Å². The summed E-state index contributed by atoms with van der Waals surface area (Å²) in [6.07, 6.45) is 4.67. The zero-order valence-corrected chi connectivity index (χ0v) is 9.87. The third-order valence-corrected chi connectivity index (χ3v) is 4.41. The van der Waals surface area contributed by atoms with Gasteiger partial charge < -0.3 is 0 Å². The van der Waals surface area contributed by atoms with Crippen LogP contribution in [-0.2, 0) is 0 Å². The molecule has 0 heterocycles. The Kier molecular flexibility index (Phi) is 4.06. The number of fused-ring (bicyclic) bond motifs is 1. The number of rotatable bonds is 2. The zero-order chi connectivity index (χ0) is 8.39. The summed E-state index contributed by atoms with van der Waals surface area (Å²) in [5.74, 6) is 0. The maximum Gasteiger partial charge on any atom is 0.0332 e. The molecule has 0 spiro atoms. The molecular weight excluding hydrogens is 167 g/mol. The second kappa shape index (κ2) is 4.86. The zero-order valence-electron chi connectivity index (χ0n) is 8.46. The van der Waals surface area contributed by atoms with Crippen LogP contribution in [0, 0.1) is 0 Å². The van der Waals surface area contributed by atoms with E-state index in [4.69, 9.17) is 0 Å². The van der Waals surface area contributed by atoms with Gasteiger partial charge in [0.2, 0.25) is 0 Å².